The second kappa shape index (κ2) is 5.80. The molecule has 7 nitrogen and oxygen atoms in total. The zero-order chi connectivity index (χ0) is 15.5. The van der Waals surface area contributed by atoms with Gasteiger partial charge in [0.05, 0.1) is 17.9 Å². The summed E-state index contributed by atoms with van der Waals surface area (Å²) in [4.78, 5) is 15.9. The highest BCUT2D eigenvalue weighted by Gasteiger charge is 2.12. The standard InChI is InChI=1S/C15H15N5O2/c1-10-7-14(19-22-10)15(21)17-9-12-8-13(18-20(12)2)11-3-5-16-6-4-11/h3-8H,9H2,1-2H3,(H,17,21). The SMILES string of the molecule is Cc1cc(C(=O)NCc2cc(-c3ccncc3)nn2C)no1. The third kappa shape index (κ3) is 2.88. The average Bonchev–Trinajstić information content (AvgIpc) is 3.12. The van der Waals surface area contributed by atoms with Gasteiger partial charge < -0.3 is 9.84 Å². The van der Waals surface area contributed by atoms with Crippen LogP contribution in [0.15, 0.2) is 41.2 Å². The smallest absolute Gasteiger partial charge is 0.273 e. The quantitative estimate of drug-likeness (QED) is 0.792. The van der Waals surface area contributed by atoms with Crippen LogP contribution < -0.4 is 5.32 Å². The lowest BCUT2D eigenvalue weighted by atomic mass is 10.2. The van der Waals surface area contributed by atoms with Gasteiger partial charge in [-0.25, -0.2) is 0 Å². The molecule has 0 fully saturated rings. The highest BCUT2D eigenvalue weighted by atomic mass is 16.5. The molecule has 0 spiro atoms. The molecular formula is C15H15N5O2. The molecule has 1 N–H and O–H groups in total. The molecule has 0 aliphatic heterocycles. The molecule has 0 saturated carbocycles. The number of amides is 1. The molecule has 3 aromatic rings. The monoisotopic (exact) mass is 297 g/mol. The summed E-state index contributed by atoms with van der Waals surface area (Å²) in [5, 5.41) is 10.9. The van der Waals surface area contributed by atoms with Crippen molar-refractivity contribution >= 4 is 5.91 Å². The molecule has 0 radical (unpaired) electrons. The van der Waals surface area contributed by atoms with Crippen molar-refractivity contribution in [1.82, 2.24) is 25.2 Å². The fourth-order valence-corrected chi connectivity index (χ4v) is 2.07. The maximum absolute atomic E-state index is 11.9. The first-order chi connectivity index (χ1) is 10.6. The van der Waals surface area contributed by atoms with Crippen molar-refractivity contribution in [2.24, 2.45) is 7.05 Å². The van der Waals surface area contributed by atoms with E-state index in [-0.39, 0.29) is 11.6 Å². The summed E-state index contributed by atoms with van der Waals surface area (Å²) in [5.74, 6) is 0.328. The molecular weight excluding hydrogens is 282 g/mol. The molecule has 3 aromatic heterocycles. The van der Waals surface area contributed by atoms with Crippen LogP contribution in [0.3, 0.4) is 0 Å². The second-order valence-electron chi connectivity index (χ2n) is 4.89. The van der Waals surface area contributed by atoms with Crippen molar-refractivity contribution < 1.29 is 9.32 Å². The Labute approximate surface area is 127 Å². The first-order valence-corrected chi connectivity index (χ1v) is 6.78. The van der Waals surface area contributed by atoms with Crippen LogP contribution in [0.1, 0.15) is 21.9 Å². The first-order valence-electron chi connectivity index (χ1n) is 6.78. The number of aromatic nitrogens is 4. The topological polar surface area (TPSA) is 85.8 Å². The Hall–Kier alpha value is -2.96. The van der Waals surface area contributed by atoms with Crippen molar-refractivity contribution in [3.63, 3.8) is 0 Å². The molecule has 0 aliphatic rings. The maximum Gasteiger partial charge on any atom is 0.273 e. The normalized spacial score (nSPS) is 10.6. The molecule has 3 rings (SSSR count). The molecule has 112 valence electrons. The molecule has 0 bridgehead atoms. The number of carbonyl (C=O) groups is 1. The number of nitrogens with one attached hydrogen (secondary N) is 1. The summed E-state index contributed by atoms with van der Waals surface area (Å²) >= 11 is 0. The lowest BCUT2D eigenvalue weighted by Gasteiger charge is -2.02. The van der Waals surface area contributed by atoms with E-state index in [1.165, 1.54) is 0 Å². The van der Waals surface area contributed by atoms with E-state index in [2.05, 4.69) is 20.6 Å². The molecule has 7 heteroatoms. The van der Waals surface area contributed by atoms with Gasteiger partial charge in [-0.3, -0.25) is 14.5 Å². The van der Waals surface area contributed by atoms with Gasteiger partial charge in [0.25, 0.3) is 5.91 Å². The minimum absolute atomic E-state index is 0.272. The lowest BCUT2D eigenvalue weighted by Crippen LogP contribution is -2.24. The first kappa shape index (κ1) is 14.0. The molecule has 0 unspecified atom stereocenters. The zero-order valence-corrected chi connectivity index (χ0v) is 12.3. The largest absolute Gasteiger partial charge is 0.361 e. The third-order valence-corrected chi connectivity index (χ3v) is 3.24. The highest BCUT2D eigenvalue weighted by Crippen LogP contribution is 2.17. The van der Waals surface area contributed by atoms with Gasteiger partial charge in [0.15, 0.2) is 5.69 Å². The number of carbonyl (C=O) groups excluding carboxylic acids is 1. The molecule has 0 atom stereocenters. The van der Waals surface area contributed by atoms with Crippen molar-refractivity contribution in [1.29, 1.82) is 0 Å². The van der Waals surface area contributed by atoms with Gasteiger partial charge in [0.1, 0.15) is 5.76 Å². The highest BCUT2D eigenvalue weighted by molar-refractivity contribution is 5.92. The van der Waals surface area contributed by atoms with Crippen LogP contribution in [-0.2, 0) is 13.6 Å². The van der Waals surface area contributed by atoms with Crippen molar-refractivity contribution in [2.45, 2.75) is 13.5 Å². The third-order valence-electron chi connectivity index (χ3n) is 3.24. The molecule has 22 heavy (non-hydrogen) atoms. The average molecular weight is 297 g/mol. The van der Waals surface area contributed by atoms with Gasteiger partial charge in [-0.05, 0) is 25.1 Å². The predicted molar refractivity (Wildman–Crippen MR) is 78.8 cm³/mol. The fraction of sp³-hybridized carbons (Fsp3) is 0.200. The number of pyridine rings is 1. The summed E-state index contributed by atoms with van der Waals surface area (Å²) < 4.78 is 6.63. The Morgan fingerprint density at radius 3 is 2.77 bits per heavy atom. The summed E-state index contributed by atoms with van der Waals surface area (Å²) in [6, 6.07) is 7.32. The number of hydrogen-bond donors (Lipinski definition) is 1. The summed E-state index contributed by atoms with van der Waals surface area (Å²) in [6.45, 7) is 2.10. The minimum Gasteiger partial charge on any atom is -0.361 e. The Morgan fingerprint density at radius 2 is 2.09 bits per heavy atom. The van der Waals surface area contributed by atoms with E-state index in [1.54, 1.807) is 30.1 Å². The van der Waals surface area contributed by atoms with Gasteiger partial charge in [0.2, 0.25) is 0 Å². The van der Waals surface area contributed by atoms with Gasteiger partial charge in [-0.2, -0.15) is 5.10 Å². The van der Waals surface area contributed by atoms with Crippen LogP contribution in [0.25, 0.3) is 11.3 Å². The van der Waals surface area contributed by atoms with E-state index in [0.717, 1.165) is 17.0 Å². The minimum atomic E-state index is -0.275. The van der Waals surface area contributed by atoms with Crippen molar-refractivity contribution in [3.8, 4) is 11.3 Å². The molecule has 1 amide bonds. The predicted octanol–water partition coefficient (Wildman–Crippen LogP) is 1.71. The van der Waals surface area contributed by atoms with Gasteiger partial charge in [-0.1, -0.05) is 5.16 Å². The zero-order valence-electron chi connectivity index (χ0n) is 12.3. The van der Waals surface area contributed by atoms with Crippen LogP contribution in [0, 0.1) is 6.92 Å². The van der Waals surface area contributed by atoms with Crippen LogP contribution in [-0.4, -0.2) is 25.8 Å². The van der Waals surface area contributed by atoms with Gasteiger partial charge in [-0.15, -0.1) is 0 Å². The Kier molecular flexibility index (Phi) is 3.69. The molecule has 3 heterocycles. The Bertz CT molecular complexity index is 791. The molecule has 0 saturated heterocycles. The number of hydrogen-bond acceptors (Lipinski definition) is 5. The number of nitrogens with zero attached hydrogens (tertiary/aromatic N) is 4. The van der Waals surface area contributed by atoms with Crippen molar-refractivity contribution in [2.75, 3.05) is 0 Å². The van der Waals surface area contributed by atoms with Crippen LogP contribution >= 0.6 is 0 Å². The van der Waals surface area contributed by atoms with Crippen LogP contribution in [0.4, 0.5) is 0 Å². The van der Waals surface area contributed by atoms with Crippen molar-refractivity contribution in [3.05, 3.63) is 53.8 Å². The lowest BCUT2D eigenvalue weighted by molar-refractivity contribution is 0.0941. The summed E-state index contributed by atoms with van der Waals surface area (Å²) in [7, 11) is 1.84. The van der Waals surface area contributed by atoms with Crippen LogP contribution in [0.2, 0.25) is 0 Å². The van der Waals surface area contributed by atoms with E-state index in [0.29, 0.717) is 12.3 Å². The summed E-state index contributed by atoms with van der Waals surface area (Å²) in [6.07, 6.45) is 3.44. The van der Waals surface area contributed by atoms with E-state index in [1.807, 2.05) is 25.2 Å². The second-order valence-corrected chi connectivity index (χ2v) is 4.89. The van der Waals surface area contributed by atoms with E-state index < -0.39 is 0 Å². The Morgan fingerprint density at radius 1 is 1.32 bits per heavy atom. The number of aryl methyl sites for hydroxylation is 2. The molecule has 0 aromatic carbocycles. The maximum atomic E-state index is 11.9. The van der Waals surface area contributed by atoms with E-state index in [9.17, 15) is 4.79 Å². The van der Waals surface area contributed by atoms with E-state index >= 15 is 0 Å². The van der Waals surface area contributed by atoms with Gasteiger partial charge >= 0.3 is 0 Å². The van der Waals surface area contributed by atoms with Crippen LogP contribution in [0.5, 0.6) is 0 Å². The molecule has 0 aliphatic carbocycles. The Balaban J connectivity index is 1.71. The van der Waals surface area contributed by atoms with E-state index in [4.69, 9.17) is 4.52 Å². The number of rotatable bonds is 4. The van der Waals surface area contributed by atoms with Gasteiger partial charge in [0, 0.05) is 31.1 Å². The fourth-order valence-electron chi connectivity index (χ4n) is 2.07. The summed E-state index contributed by atoms with van der Waals surface area (Å²) in [5.41, 5.74) is 2.98.